The van der Waals surface area contributed by atoms with E-state index in [1.165, 1.54) is 6.07 Å². The number of aromatic nitrogens is 2. The van der Waals surface area contributed by atoms with Crippen LogP contribution in [0.2, 0.25) is 0 Å². The number of benzene rings is 1. The molecule has 0 saturated heterocycles. The van der Waals surface area contributed by atoms with Crippen LogP contribution in [-0.4, -0.2) is 15.9 Å². The molecule has 1 aromatic carbocycles. The second-order valence-electron chi connectivity index (χ2n) is 6.18. The van der Waals surface area contributed by atoms with Crippen molar-refractivity contribution in [2.75, 3.05) is 5.32 Å². The van der Waals surface area contributed by atoms with Crippen molar-refractivity contribution in [2.45, 2.75) is 19.3 Å². The fourth-order valence-electron chi connectivity index (χ4n) is 3.04. The molecule has 1 amide bonds. The number of carbonyl (C=O) groups excluding carboxylic acids is 1. The van der Waals surface area contributed by atoms with Gasteiger partial charge in [0.1, 0.15) is 16.6 Å². The molecule has 7 heteroatoms. The molecule has 0 spiro atoms. The third kappa shape index (κ3) is 3.35. The zero-order valence-electron chi connectivity index (χ0n) is 13.7. The molecule has 0 saturated carbocycles. The Kier molecular flexibility index (Phi) is 4.46. The minimum Gasteiger partial charge on any atom is -0.323 e. The van der Waals surface area contributed by atoms with E-state index in [9.17, 15) is 13.6 Å². The van der Waals surface area contributed by atoms with Gasteiger partial charge in [-0.3, -0.25) is 9.78 Å². The summed E-state index contributed by atoms with van der Waals surface area (Å²) in [5.41, 5.74) is 2.04. The zero-order chi connectivity index (χ0) is 18.1. The van der Waals surface area contributed by atoms with Crippen LogP contribution < -0.4 is 5.32 Å². The fraction of sp³-hybridized carbons (Fsp3) is 0.211. The van der Waals surface area contributed by atoms with Gasteiger partial charge in [-0.15, -0.1) is 11.3 Å². The van der Waals surface area contributed by atoms with E-state index in [1.54, 1.807) is 23.7 Å². The van der Waals surface area contributed by atoms with Gasteiger partial charge in [0, 0.05) is 34.8 Å². The average Bonchev–Trinajstić information content (AvgIpc) is 3.08. The number of hydrogen-bond donors (Lipinski definition) is 1. The Balaban J connectivity index is 1.49. The van der Waals surface area contributed by atoms with Crippen molar-refractivity contribution in [3.8, 4) is 10.6 Å². The first-order valence-corrected chi connectivity index (χ1v) is 9.06. The van der Waals surface area contributed by atoms with E-state index in [0.29, 0.717) is 19.3 Å². The van der Waals surface area contributed by atoms with Crippen molar-refractivity contribution >= 4 is 22.9 Å². The van der Waals surface area contributed by atoms with Crippen molar-refractivity contribution in [3.05, 3.63) is 64.9 Å². The first kappa shape index (κ1) is 16.8. The Morgan fingerprint density at radius 3 is 2.77 bits per heavy atom. The Morgan fingerprint density at radius 2 is 2.00 bits per heavy atom. The molecule has 132 valence electrons. The molecule has 4 nitrogen and oxygen atoms in total. The molecular formula is C19H15F2N3OS. The number of anilines is 1. The number of thiazole rings is 1. The molecule has 0 fully saturated rings. The van der Waals surface area contributed by atoms with Gasteiger partial charge in [-0.1, -0.05) is 0 Å². The summed E-state index contributed by atoms with van der Waals surface area (Å²) in [4.78, 5) is 22.3. The number of rotatable bonds is 3. The molecule has 1 atom stereocenters. The number of pyridine rings is 1. The van der Waals surface area contributed by atoms with Crippen LogP contribution in [-0.2, 0) is 17.6 Å². The quantitative estimate of drug-likeness (QED) is 0.750. The molecule has 4 rings (SSSR count). The summed E-state index contributed by atoms with van der Waals surface area (Å²) in [5, 5.41) is 3.49. The second kappa shape index (κ2) is 6.92. The first-order valence-electron chi connectivity index (χ1n) is 8.25. The highest BCUT2D eigenvalue weighted by Gasteiger charge is 2.28. The molecule has 1 unspecified atom stereocenters. The van der Waals surface area contributed by atoms with E-state index in [-0.39, 0.29) is 17.5 Å². The highest BCUT2D eigenvalue weighted by molar-refractivity contribution is 7.15. The van der Waals surface area contributed by atoms with Crippen LogP contribution in [0.15, 0.2) is 42.7 Å². The number of nitrogens with one attached hydrogen (secondary N) is 1. The molecule has 1 aliphatic rings. The van der Waals surface area contributed by atoms with Crippen molar-refractivity contribution in [1.82, 2.24) is 9.97 Å². The minimum absolute atomic E-state index is 0.00368. The summed E-state index contributed by atoms with van der Waals surface area (Å²) in [6, 6.07) is 6.95. The lowest BCUT2D eigenvalue weighted by molar-refractivity contribution is -0.120. The lowest BCUT2D eigenvalue weighted by Gasteiger charge is -2.20. The molecule has 1 aliphatic carbocycles. The van der Waals surface area contributed by atoms with Gasteiger partial charge < -0.3 is 5.32 Å². The molecular weight excluding hydrogens is 356 g/mol. The maximum Gasteiger partial charge on any atom is 0.227 e. The maximum atomic E-state index is 13.7. The molecule has 0 radical (unpaired) electrons. The fourth-order valence-corrected chi connectivity index (χ4v) is 4.24. The van der Waals surface area contributed by atoms with Crippen LogP contribution in [0.3, 0.4) is 0 Å². The third-order valence-corrected chi connectivity index (χ3v) is 5.60. The molecule has 0 bridgehead atoms. The van der Waals surface area contributed by atoms with Crippen molar-refractivity contribution in [2.24, 2.45) is 5.92 Å². The highest BCUT2D eigenvalue weighted by atomic mass is 32.1. The number of carbonyl (C=O) groups is 1. The van der Waals surface area contributed by atoms with E-state index in [2.05, 4.69) is 15.3 Å². The van der Waals surface area contributed by atoms with Gasteiger partial charge in [0.05, 0.1) is 11.4 Å². The summed E-state index contributed by atoms with van der Waals surface area (Å²) in [5.74, 6) is -1.94. The van der Waals surface area contributed by atoms with Crippen molar-refractivity contribution in [3.63, 3.8) is 0 Å². The first-order chi connectivity index (χ1) is 12.6. The van der Waals surface area contributed by atoms with Gasteiger partial charge in [0.15, 0.2) is 0 Å². The van der Waals surface area contributed by atoms with Crippen LogP contribution in [0.4, 0.5) is 14.5 Å². The highest BCUT2D eigenvalue weighted by Crippen LogP contribution is 2.35. The number of hydrogen-bond acceptors (Lipinski definition) is 4. The SMILES string of the molecule is O=C(Nc1ccc(F)cc1F)C1CCc2nc(-c3ccncc3)sc2C1. The molecule has 1 N–H and O–H groups in total. The minimum atomic E-state index is -0.771. The summed E-state index contributed by atoms with van der Waals surface area (Å²) in [6.45, 7) is 0. The number of aryl methyl sites for hydroxylation is 1. The summed E-state index contributed by atoms with van der Waals surface area (Å²) in [7, 11) is 0. The lowest BCUT2D eigenvalue weighted by atomic mass is 9.90. The Labute approximate surface area is 152 Å². The third-order valence-electron chi connectivity index (χ3n) is 4.43. The van der Waals surface area contributed by atoms with Crippen LogP contribution in [0, 0.1) is 17.6 Å². The van der Waals surface area contributed by atoms with Crippen molar-refractivity contribution in [1.29, 1.82) is 0 Å². The van der Waals surface area contributed by atoms with Crippen LogP contribution in [0.25, 0.3) is 10.6 Å². The van der Waals surface area contributed by atoms with Crippen LogP contribution >= 0.6 is 11.3 Å². The van der Waals surface area contributed by atoms with E-state index < -0.39 is 11.6 Å². The molecule has 3 aromatic rings. The average molecular weight is 371 g/mol. The smallest absolute Gasteiger partial charge is 0.227 e. The number of halogens is 2. The van der Waals surface area contributed by atoms with E-state index >= 15 is 0 Å². The van der Waals surface area contributed by atoms with Gasteiger partial charge in [-0.25, -0.2) is 13.8 Å². The molecule has 26 heavy (non-hydrogen) atoms. The van der Waals surface area contributed by atoms with Gasteiger partial charge in [-0.2, -0.15) is 0 Å². The van der Waals surface area contributed by atoms with Crippen molar-refractivity contribution < 1.29 is 13.6 Å². The molecule has 0 aliphatic heterocycles. The molecule has 2 aromatic heterocycles. The predicted octanol–water partition coefficient (Wildman–Crippen LogP) is 4.23. The second-order valence-corrected chi connectivity index (χ2v) is 7.26. The van der Waals surface area contributed by atoms with E-state index in [4.69, 9.17) is 0 Å². The summed E-state index contributed by atoms with van der Waals surface area (Å²) in [6.07, 6.45) is 5.39. The lowest BCUT2D eigenvalue weighted by Crippen LogP contribution is -2.28. The van der Waals surface area contributed by atoms with Gasteiger partial charge in [0.25, 0.3) is 0 Å². The standard InChI is InChI=1S/C19H15F2N3OS/c20-13-2-4-15(14(21)10-13)23-18(25)12-1-3-16-17(9-12)26-19(24-16)11-5-7-22-8-6-11/h2,4-8,10,12H,1,3,9H2,(H,23,25). The normalized spacial score (nSPS) is 16.2. The van der Waals surface area contributed by atoms with E-state index in [1.807, 2.05) is 12.1 Å². The van der Waals surface area contributed by atoms with Crippen LogP contribution in [0.5, 0.6) is 0 Å². The largest absolute Gasteiger partial charge is 0.323 e. The van der Waals surface area contributed by atoms with Crippen LogP contribution in [0.1, 0.15) is 17.0 Å². The van der Waals surface area contributed by atoms with Gasteiger partial charge in [0.2, 0.25) is 5.91 Å². The van der Waals surface area contributed by atoms with Gasteiger partial charge in [-0.05, 0) is 43.5 Å². The number of fused-ring (bicyclic) bond motifs is 1. The number of amides is 1. The Hall–Kier alpha value is -2.67. The maximum absolute atomic E-state index is 13.7. The zero-order valence-corrected chi connectivity index (χ0v) is 14.5. The Morgan fingerprint density at radius 1 is 1.19 bits per heavy atom. The molecule has 2 heterocycles. The monoisotopic (exact) mass is 371 g/mol. The Bertz CT molecular complexity index is 959. The summed E-state index contributed by atoms with van der Waals surface area (Å²) < 4.78 is 26.7. The topological polar surface area (TPSA) is 54.9 Å². The van der Waals surface area contributed by atoms with Gasteiger partial charge >= 0.3 is 0 Å². The number of nitrogens with zero attached hydrogens (tertiary/aromatic N) is 2. The predicted molar refractivity (Wildman–Crippen MR) is 95.8 cm³/mol. The summed E-state index contributed by atoms with van der Waals surface area (Å²) >= 11 is 1.58. The van der Waals surface area contributed by atoms with E-state index in [0.717, 1.165) is 33.3 Å².